The van der Waals surface area contributed by atoms with Crippen LogP contribution in [0.1, 0.15) is 91.4 Å². The molecule has 2 unspecified atom stereocenters. The van der Waals surface area contributed by atoms with Gasteiger partial charge in [-0.2, -0.15) is 0 Å². The lowest BCUT2D eigenvalue weighted by Gasteiger charge is -2.35. The standard InChI is InChI=1S/C39H50ClN5O8S/c1-5-24-21-39(24,35(48)44-54(50,51)38(15-16-38)20-23-10-11-23)43-33(46)30-19-27(52-31-14-17-41-29-18-25(40)12-13-28(29)31)22-45(30)34(47)32(37(2,3)4)42-36(49)53-26-8-6-7-9-26/h5,12-14,17-18,23-24,26-27,30,32H,1,6-11,15-16,19-22H2,2-4H3,(H,42,49)(H,43,46)(H,44,48)/t24-,27+,30?,32+,39?/m0/s1. The Morgan fingerprint density at radius 1 is 1.09 bits per heavy atom. The number of amides is 4. The molecule has 0 spiro atoms. The predicted molar refractivity (Wildman–Crippen MR) is 202 cm³/mol. The second kappa shape index (κ2) is 14.3. The second-order valence-corrected chi connectivity index (χ2v) is 19.5. The first-order valence-corrected chi connectivity index (χ1v) is 20.9. The van der Waals surface area contributed by atoms with Gasteiger partial charge in [0, 0.05) is 28.9 Å². The van der Waals surface area contributed by atoms with E-state index >= 15 is 0 Å². The van der Waals surface area contributed by atoms with Crippen molar-refractivity contribution in [2.45, 2.75) is 126 Å². The number of aromatic nitrogens is 1. The van der Waals surface area contributed by atoms with E-state index in [1.54, 1.807) is 30.5 Å². The topological polar surface area (TPSA) is 173 Å². The van der Waals surface area contributed by atoms with Gasteiger partial charge >= 0.3 is 6.09 Å². The maximum absolute atomic E-state index is 14.6. The summed E-state index contributed by atoms with van der Waals surface area (Å²) in [5, 5.41) is 6.84. The number of halogens is 1. The fraction of sp³-hybridized carbons (Fsp3) is 0.615. The Morgan fingerprint density at radius 3 is 2.44 bits per heavy atom. The van der Waals surface area contributed by atoms with Crippen LogP contribution in [0.3, 0.4) is 0 Å². The number of carbonyl (C=O) groups is 4. The van der Waals surface area contributed by atoms with E-state index in [9.17, 15) is 27.6 Å². The normalized spacial score (nSPS) is 26.8. The van der Waals surface area contributed by atoms with Gasteiger partial charge in [0.05, 0.1) is 16.8 Å². The van der Waals surface area contributed by atoms with Crippen molar-refractivity contribution >= 4 is 56.3 Å². The number of benzene rings is 1. The van der Waals surface area contributed by atoms with Gasteiger partial charge in [0.25, 0.3) is 5.91 Å². The van der Waals surface area contributed by atoms with Gasteiger partial charge in [0.2, 0.25) is 21.8 Å². The monoisotopic (exact) mass is 783 g/mol. The summed E-state index contributed by atoms with van der Waals surface area (Å²) in [6.07, 6.45) is 8.66. The third-order valence-corrected chi connectivity index (χ3v) is 14.2. The van der Waals surface area contributed by atoms with Crippen LogP contribution in [0, 0.1) is 17.3 Å². The molecule has 3 N–H and O–H groups in total. The van der Waals surface area contributed by atoms with Crippen LogP contribution in [0.2, 0.25) is 5.02 Å². The highest BCUT2D eigenvalue weighted by Crippen LogP contribution is 2.53. The molecule has 4 saturated carbocycles. The van der Waals surface area contributed by atoms with Crippen LogP contribution in [0.4, 0.5) is 4.79 Å². The van der Waals surface area contributed by atoms with E-state index in [0.29, 0.717) is 46.9 Å². The summed E-state index contributed by atoms with van der Waals surface area (Å²) in [6.45, 7) is 9.25. The quantitative estimate of drug-likeness (QED) is 0.232. The molecule has 15 heteroatoms. The molecule has 5 atom stereocenters. The van der Waals surface area contributed by atoms with Crippen LogP contribution in [0.5, 0.6) is 5.75 Å². The minimum absolute atomic E-state index is 0.0115. The molecule has 1 aliphatic heterocycles. The highest BCUT2D eigenvalue weighted by molar-refractivity contribution is 7.91. The molecule has 1 aromatic carbocycles. The number of carbonyl (C=O) groups excluding carboxylic acids is 4. The first kappa shape index (κ1) is 38.4. The third-order valence-electron chi connectivity index (χ3n) is 11.8. The van der Waals surface area contributed by atoms with Crippen molar-refractivity contribution < 1.29 is 37.1 Å². The molecule has 292 valence electrons. The number of likely N-dealkylation sites (tertiary alicyclic amines) is 1. The molecule has 0 radical (unpaired) electrons. The lowest BCUT2D eigenvalue weighted by Crippen LogP contribution is -2.60. The van der Waals surface area contributed by atoms with Crippen molar-refractivity contribution in [2.75, 3.05) is 6.54 Å². The Hall–Kier alpha value is -3.91. The van der Waals surface area contributed by atoms with E-state index in [1.165, 1.54) is 11.0 Å². The molecule has 5 aliphatic rings. The van der Waals surface area contributed by atoms with Crippen LogP contribution >= 0.6 is 11.6 Å². The summed E-state index contributed by atoms with van der Waals surface area (Å²) in [6, 6.07) is 4.71. The van der Waals surface area contributed by atoms with Crippen LogP contribution in [0.15, 0.2) is 43.1 Å². The smallest absolute Gasteiger partial charge is 0.408 e. The number of alkyl carbamates (subject to hydrolysis) is 1. The number of nitrogens with one attached hydrogen (secondary N) is 3. The Labute approximate surface area is 321 Å². The maximum atomic E-state index is 14.6. The van der Waals surface area contributed by atoms with Gasteiger partial charge in [-0.15, -0.1) is 6.58 Å². The molecule has 4 amide bonds. The summed E-state index contributed by atoms with van der Waals surface area (Å²) in [5.74, 6) is -1.64. The number of sulfonamides is 1. The Kier molecular flexibility index (Phi) is 10.2. The van der Waals surface area contributed by atoms with Gasteiger partial charge < -0.3 is 25.0 Å². The molecule has 7 rings (SSSR count). The van der Waals surface area contributed by atoms with Crippen LogP contribution in [0.25, 0.3) is 10.9 Å². The van der Waals surface area contributed by atoms with E-state index in [-0.39, 0.29) is 25.5 Å². The zero-order valence-corrected chi connectivity index (χ0v) is 32.6. The van der Waals surface area contributed by atoms with E-state index in [0.717, 1.165) is 38.5 Å². The number of nitrogens with zero attached hydrogens (tertiary/aromatic N) is 2. The fourth-order valence-electron chi connectivity index (χ4n) is 8.10. The predicted octanol–water partition coefficient (Wildman–Crippen LogP) is 5.16. The zero-order chi connectivity index (χ0) is 38.6. The SMILES string of the molecule is C=C[C@H]1CC1(NC(=O)C1C[C@@H](Oc2ccnc3cc(Cl)ccc23)CN1C(=O)[C@@H](NC(=O)OC1CCCC1)C(C)(C)C)C(=O)NS(=O)(=O)C1(CC2CC2)CC1. The highest BCUT2D eigenvalue weighted by Gasteiger charge is 2.64. The molecule has 2 aromatic rings. The summed E-state index contributed by atoms with van der Waals surface area (Å²) >= 11 is 6.21. The fourth-order valence-corrected chi connectivity index (χ4v) is 10.0. The van der Waals surface area contributed by atoms with Crippen molar-refractivity contribution in [1.82, 2.24) is 25.2 Å². The van der Waals surface area contributed by atoms with Crippen LogP contribution < -0.4 is 20.1 Å². The van der Waals surface area contributed by atoms with Crippen molar-refractivity contribution in [3.05, 3.63) is 48.1 Å². The van der Waals surface area contributed by atoms with Gasteiger partial charge in [0.15, 0.2) is 0 Å². The highest BCUT2D eigenvalue weighted by atomic mass is 35.5. The third kappa shape index (κ3) is 7.78. The number of pyridine rings is 1. The lowest BCUT2D eigenvalue weighted by molar-refractivity contribution is -0.143. The zero-order valence-electron chi connectivity index (χ0n) is 31.1. The van der Waals surface area contributed by atoms with Gasteiger partial charge in [-0.05, 0) is 87.0 Å². The average Bonchev–Trinajstić information content (AvgIpc) is 4.08. The lowest BCUT2D eigenvalue weighted by atomic mass is 9.85. The summed E-state index contributed by atoms with van der Waals surface area (Å²) in [4.78, 5) is 61.8. The molecule has 1 aromatic heterocycles. The van der Waals surface area contributed by atoms with Crippen molar-refractivity contribution in [2.24, 2.45) is 17.3 Å². The van der Waals surface area contributed by atoms with Crippen molar-refractivity contribution in [1.29, 1.82) is 0 Å². The molecular formula is C39H50ClN5O8S. The average molecular weight is 784 g/mol. The van der Waals surface area contributed by atoms with Gasteiger partial charge in [-0.3, -0.25) is 24.1 Å². The molecule has 54 heavy (non-hydrogen) atoms. The maximum Gasteiger partial charge on any atom is 0.408 e. The molecule has 2 heterocycles. The van der Waals surface area contributed by atoms with Crippen LogP contribution in [-0.4, -0.2) is 83.2 Å². The summed E-state index contributed by atoms with van der Waals surface area (Å²) in [5.41, 5.74) is -1.73. The molecule has 0 bridgehead atoms. The molecule has 5 fully saturated rings. The van der Waals surface area contributed by atoms with E-state index in [1.807, 2.05) is 20.8 Å². The molecular weight excluding hydrogens is 734 g/mol. The molecule has 13 nitrogen and oxygen atoms in total. The van der Waals surface area contributed by atoms with Gasteiger partial charge in [0.1, 0.15) is 35.6 Å². The van der Waals surface area contributed by atoms with E-state index < -0.39 is 73.6 Å². The minimum atomic E-state index is -4.00. The number of rotatable bonds is 13. The summed E-state index contributed by atoms with van der Waals surface area (Å²) < 4.78 is 40.6. The Balaban J connectivity index is 1.14. The number of hydrogen-bond acceptors (Lipinski definition) is 9. The van der Waals surface area contributed by atoms with Gasteiger partial charge in [-0.25, -0.2) is 13.2 Å². The van der Waals surface area contributed by atoms with Crippen LogP contribution in [-0.2, 0) is 29.1 Å². The minimum Gasteiger partial charge on any atom is -0.488 e. The largest absolute Gasteiger partial charge is 0.488 e. The number of hydrogen-bond donors (Lipinski definition) is 3. The Morgan fingerprint density at radius 2 is 1.81 bits per heavy atom. The Bertz CT molecular complexity index is 1950. The second-order valence-electron chi connectivity index (χ2n) is 17.0. The van der Waals surface area contributed by atoms with Crippen molar-refractivity contribution in [3.63, 3.8) is 0 Å². The number of ether oxygens (including phenoxy) is 2. The van der Waals surface area contributed by atoms with Crippen molar-refractivity contribution in [3.8, 4) is 5.75 Å². The van der Waals surface area contributed by atoms with Gasteiger partial charge in [-0.1, -0.05) is 51.3 Å². The summed E-state index contributed by atoms with van der Waals surface area (Å²) in [7, 11) is -4.00. The first-order valence-electron chi connectivity index (χ1n) is 19.0. The number of fused-ring (bicyclic) bond motifs is 1. The molecule has 4 aliphatic carbocycles. The van der Waals surface area contributed by atoms with E-state index in [4.69, 9.17) is 21.1 Å². The first-order chi connectivity index (χ1) is 25.5. The molecule has 1 saturated heterocycles. The van der Waals surface area contributed by atoms with E-state index in [2.05, 4.69) is 26.9 Å².